The molecule has 94 valence electrons. The van der Waals surface area contributed by atoms with E-state index in [1.165, 1.54) is 33.4 Å². The predicted molar refractivity (Wildman–Crippen MR) is 80.2 cm³/mol. The third-order valence-electron chi connectivity index (χ3n) is 3.84. The van der Waals surface area contributed by atoms with Crippen LogP contribution in [-0.2, 0) is 0 Å². The minimum Gasteiger partial charge on any atom is -0.0587 e. The van der Waals surface area contributed by atoms with E-state index in [0.717, 1.165) is 0 Å². The van der Waals surface area contributed by atoms with Gasteiger partial charge in [0.05, 0.1) is 0 Å². The molecule has 0 aromatic heterocycles. The monoisotopic (exact) mass is 238 g/mol. The van der Waals surface area contributed by atoms with Crippen LogP contribution in [0.5, 0.6) is 0 Å². The Kier molecular flexibility index (Phi) is 3.56. The Hall–Kier alpha value is -1.56. The quantitative estimate of drug-likeness (QED) is 0.657. The van der Waals surface area contributed by atoms with Gasteiger partial charge >= 0.3 is 0 Å². The van der Waals surface area contributed by atoms with E-state index < -0.39 is 0 Å². The zero-order valence-electron chi connectivity index (χ0n) is 12.0. The van der Waals surface area contributed by atoms with E-state index in [1.54, 1.807) is 0 Å². The summed E-state index contributed by atoms with van der Waals surface area (Å²) in [4.78, 5) is 0. The van der Waals surface area contributed by atoms with Crippen molar-refractivity contribution < 1.29 is 0 Å². The summed E-state index contributed by atoms with van der Waals surface area (Å²) in [5.41, 5.74) is 8.18. The van der Waals surface area contributed by atoms with Crippen molar-refractivity contribution in [1.82, 2.24) is 0 Å². The summed E-state index contributed by atoms with van der Waals surface area (Å²) in [6.45, 7) is 11.0. The third kappa shape index (κ3) is 2.48. The van der Waals surface area contributed by atoms with Crippen LogP contribution in [0.3, 0.4) is 0 Å². The molecule has 0 aliphatic rings. The van der Waals surface area contributed by atoms with Crippen molar-refractivity contribution >= 4 is 0 Å². The van der Waals surface area contributed by atoms with Crippen LogP contribution in [0, 0.1) is 20.8 Å². The molecule has 0 atom stereocenters. The molecule has 0 saturated carbocycles. The zero-order chi connectivity index (χ0) is 13.3. The molecule has 2 aromatic carbocycles. The molecule has 0 N–H and O–H groups in total. The van der Waals surface area contributed by atoms with Crippen LogP contribution in [0.4, 0.5) is 0 Å². The van der Waals surface area contributed by atoms with Gasteiger partial charge in [0.2, 0.25) is 0 Å². The molecule has 0 nitrogen and oxygen atoms in total. The molecule has 0 amide bonds. The van der Waals surface area contributed by atoms with E-state index in [9.17, 15) is 0 Å². The maximum absolute atomic E-state index is 2.28. The molecule has 0 spiro atoms. The molecule has 0 aliphatic heterocycles. The first-order valence-corrected chi connectivity index (χ1v) is 6.67. The smallest absolute Gasteiger partial charge is 0.0179 e. The van der Waals surface area contributed by atoms with Gasteiger partial charge in [-0.15, -0.1) is 0 Å². The molecule has 2 rings (SSSR count). The Morgan fingerprint density at radius 2 is 1.22 bits per heavy atom. The van der Waals surface area contributed by atoms with Crippen LogP contribution in [-0.4, -0.2) is 0 Å². The summed E-state index contributed by atoms with van der Waals surface area (Å²) in [7, 11) is 0. The maximum atomic E-state index is 2.28. The number of hydrogen-bond donors (Lipinski definition) is 0. The number of aryl methyl sites for hydroxylation is 2. The largest absolute Gasteiger partial charge is 0.0587 e. The molecule has 18 heavy (non-hydrogen) atoms. The standard InChI is InChI=1S/C18H22/c1-12(2)16-6-8-17(9-7-16)18-10-13(3)15(5)14(4)11-18/h6-12H,1-5H3. The molecular weight excluding hydrogens is 216 g/mol. The molecular formula is C18H22. The lowest BCUT2D eigenvalue weighted by Gasteiger charge is -2.11. The van der Waals surface area contributed by atoms with Crippen molar-refractivity contribution in [2.45, 2.75) is 40.5 Å². The van der Waals surface area contributed by atoms with Gasteiger partial charge in [0.1, 0.15) is 0 Å². The molecule has 0 bridgehead atoms. The minimum atomic E-state index is 0.598. The number of benzene rings is 2. The van der Waals surface area contributed by atoms with Crippen molar-refractivity contribution in [2.75, 3.05) is 0 Å². The molecule has 0 saturated heterocycles. The van der Waals surface area contributed by atoms with Crippen molar-refractivity contribution in [2.24, 2.45) is 0 Å². The predicted octanol–water partition coefficient (Wildman–Crippen LogP) is 5.40. The van der Waals surface area contributed by atoms with Gasteiger partial charge in [0, 0.05) is 0 Å². The summed E-state index contributed by atoms with van der Waals surface area (Å²) in [6, 6.07) is 13.5. The van der Waals surface area contributed by atoms with Gasteiger partial charge in [-0.1, -0.05) is 50.2 Å². The summed E-state index contributed by atoms with van der Waals surface area (Å²) >= 11 is 0. The Labute approximate surface area is 111 Å². The summed E-state index contributed by atoms with van der Waals surface area (Å²) in [5.74, 6) is 0.598. The van der Waals surface area contributed by atoms with Crippen LogP contribution < -0.4 is 0 Å². The van der Waals surface area contributed by atoms with Gasteiger partial charge in [-0.3, -0.25) is 0 Å². The first kappa shape index (κ1) is 12.9. The van der Waals surface area contributed by atoms with Gasteiger partial charge < -0.3 is 0 Å². The van der Waals surface area contributed by atoms with E-state index in [1.807, 2.05) is 0 Å². The first-order valence-electron chi connectivity index (χ1n) is 6.67. The SMILES string of the molecule is Cc1cc(-c2ccc(C(C)C)cc2)cc(C)c1C. The Balaban J connectivity index is 2.43. The number of rotatable bonds is 2. The van der Waals surface area contributed by atoms with Crippen LogP contribution in [0.15, 0.2) is 36.4 Å². The van der Waals surface area contributed by atoms with Gasteiger partial charge in [0.15, 0.2) is 0 Å². The van der Waals surface area contributed by atoms with E-state index in [2.05, 4.69) is 71.0 Å². The van der Waals surface area contributed by atoms with E-state index in [-0.39, 0.29) is 0 Å². The molecule has 0 unspecified atom stereocenters. The van der Waals surface area contributed by atoms with Gasteiger partial charge in [-0.25, -0.2) is 0 Å². The van der Waals surface area contributed by atoms with E-state index in [0.29, 0.717) is 5.92 Å². The van der Waals surface area contributed by atoms with Gasteiger partial charge in [0.25, 0.3) is 0 Å². The minimum absolute atomic E-state index is 0.598. The molecule has 0 aliphatic carbocycles. The fourth-order valence-electron chi connectivity index (χ4n) is 2.26. The van der Waals surface area contributed by atoms with E-state index >= 15 is 0 Å². The Morgan fingerprint density at radius 1 is 0.722 bits per heavy atom. The average Bonchev–Trinajstić information content (AvgIpc) is 2.35. The molecule has 0 heterocycles. The fourth-order valence-corrected chi connectivity index (χ4v) is 2.26. The lowest BCUT2D eigenvalue weighted by Crippen LogP contribution is -1.90. The summed E-state index contributed by atoms with van der Waals surface area (Å²) in [6.07, 6.45) is 0. The van der Waals surface area contributed by atoms with Crippen LogP contribution in [0.25, 0.3) is 11.1 Å². The maximum Gasteiger partial charge on any atom is -0.0179 e. The van der Waals surface area contributed by atoms with Crippen LogP contribution in [0.2, 0.25) is 0 Å². The van der Waals surface area contributed by atoms with Crippen molar-refractivity contribution in [3.63, 3.8) is 0 Å². The third-order valence-corrected chi connectivity index (χ3v) is 3.84. The van der Waals surface area contributed by atoms with Crippen LogP contribution in [0.1, 0.15) is 42.0 Å². The highest BCUT2D eigenvalue weighted by atomic mass is 14.1. The topological polar surface area (TPSA) is 0 Å². The van der Waals surface area contributed by atoms with Crippen molar-refractivity contribution in [3.8, 4) is 11.1 Å². The summed E-state index contributed by atoms with van der Waals surface area (Å²) < 4.78 is 0. The summed E-state index contributed by atoms with van der Waals surface area (Å²) in [5, 5.41) is 0. The van der Waals surface area contributed by atoms with E-state index in [4.69, 9.17) is 0 Å². The Morgan fingerprint density at radius 3 is 1.67 bits per heavy atom. The zero-order valence-corrected chi connectivity index (χ0v) is 12.0. The molecule has 0 heteroatoms. The highest BCUT2D eigenvalue weighted by molar-refractivity contribution is 5.66. The second kappa shape index (κ2) is 4.97. The lowest BCUT2D eigenvalue weighted by molar-refractivity contribution is 0.867. The molecule has 0 radical (unpaired) electrons. The average molecular weight is 238 g/mol. The highest BCUT2D eigenvalue weighted by Gasteiger charge is 2.04. The molecule has 2 aromatic rings. The van der Waals surface area contributed by atoms with Crippen LogP contribution >= 0.6 is 0 Å². The van der Waals surface area contributed by atoms with Gasteiger partial charge in [-0.2, -0.15) is 0 Å². The van der Waals surface area contributed by atoms with Crippen molar-refractivity contribution in [3.05, 3.63) is 58.7 Å². The van der Waals surface area contributed by atoms with Crippen molar-refractivity contribution in [1.29, 1.82) is 0 Å². The molecule has 0 fully saturated rings. The highest BCUT2D eigenvalue weighted by Crippen LogP contribution is 2.26. The second-order valence-electron chi connectivity index (χ2n) is 5.51. The van der Waals surface area contributed by atoms with Gasteiger partial charge in [-0.05, 0) is 60.1 Å². The Bertz CT molecular complexity index is 522. The fraction of sp³-hybridized carbons (Fsp3) is 0.333. The lowest BCUT2D eigenvalue weighted by atomic mass is 9.94. The normalized spacial score (nSPS) is 11.0. The first-order chi connectivity index (χ1) is 8.49. The second-order valence-corrected chi connectivity index (χ2v) is 5.51. The number of hydrogen-bond acceptors (Lipinski definition) is 0.